The number of hydrogen-bond donors (Lipinski definition) is 2. The summed E-state index contributed by atoms with van der Waals surface area (Å²) in [4.78, 5) is 10.7. The normalized spacial score (nSPS) is 17.1. The van der Waals surface area contributed by atoms with Gasteiger partial charge in [-0.2, -0.15) is 4.98 Å². The Kier molecular flexibility index (Phi) is 3.56. The van der Waals surface area contributed by atoms with Gasteiger partial charge in [-0.25, -0.2) is 4.98 Å². The van der Waals surface area contributed by atoms with Crippen LogP contribution in [0.5, 0.6) is 0 Å². The first-order chi connectivity index (χ1) is 7.75. The second kappa shape index (κ2) is 5.12. The van der Waals surface area contributed by atoms with Crippen LogP contribution in [0.15, 0.2) is 12.3 Å². The van der Waals surface area contributed by atoms with E-state index >= 15 is 0 Å². The summed E-state index contributed by atoms with van der Waals surface area (Å²) >= 11 is 0. The average molecular weight is 221 g/mol. The summed E-state index contributed by atoms with van der Waals surface area (Å²) in [6.45, 7) is 2.15. The molecule has 0 spiro atoms. The third kappa shape index (κ3) is 2.82. The van der Waals surface area contributed by atoms with E-state index in [1.54, 1.807) is 6.20 Å². The highest BCUT2D eigenvalue weighted by molar-refractivity contribution is 5.41. The monoisotopic (exact) mass is 221 g/mol. The SMILES string of the molecule is CN(C)c1ccnc(NC2CCNCC2)n1. The van der Waals surface area contributed by atoms with Crippen molar-refractivity contribution in [2.45, 2.75) is 18.9 Å². The van der Waals surface area contributed by atoms with E-state index in [2.05, 4.69) is 20.6 Å². The smallest absolute Gasteiger partial charge is 0.224 e. The van der Waals surface area contributed by atoms with Gasteiger partial charge in [-0.1, -0.05) is 0 Å². The summed E-state index contributed by atoms with van der Waals surface area (Å²) < 4.78 is 0. The van der Waals surface area contributed by atoms with Crippen LogP contribution in [-0.2, 0) is 0 Å². The van der Waals surface area contributed by atoms with Gasteiger partial charge in [-0.3, -0.25) is 0 Å². The standard InChI is InChI=1S/C11H19N5/c1-16(2)10-5-8-13-11(15-10)14-9-3-6-12-7-4-9/h5,8-9,12H,3-4,6-7H2,1-2H3,(H,13,14,15). The molecule has 16 heavy (non-hydrogen) atoms. The van der Waals surface area contributed by atoms with E-state index in [-0.39, 0.29) is 0 Å². The molecule has 1 aromatic heterocycles. The molecule has 1 aromatic rings. The fraction of sp³-hybridized carbons (Fsp3) is 0.636. The van der Waals surface area contributed by atoms with E-state index in [1.165, 1.54) is 0 Å². The topological polar surface area (TPSA) is 53.1 Å². The Morgan fingerprint density at radius 2 is 2.12 bits per heavy atom. The Hall–Kier alpha value is -1.36. The number of nitrogens with zero attached hydrogens (tertiary/aromatic N) is 3. The van der Waals surface area contributed by atoms with Crippen LogP contribution in [0, 0.1) is 0 Å². The van der Waals surface area contributed by atoms with Gasteiger partial charge in [0.2, 0.25) is 5.95 Å². The Labute approximate surface area is 96.3 Å². The zero-order chi connectivity index (χ0) is 11.4. The summed E-state index contributed by atoms with van der Waals surface area (Å²) in [5.41, 5.74) is 0. The molecule has 0 atom stereocenters. The van der Waals surface area contributed by atoms with Crippen molar-refractivity contribution in [3.05, 3.63) is 12.3 Å². The van der Waals surface area contributed by atoms with Gasteiger partial charge in [0, 0.05) is 26.3 Å². The molecule has 0 unspecified atom stereocenters. The molecule has 1 aliphatic rings. The Bertz CT molecular complexity index is 333. The molecule has 0 bridgehead atoms. The van der Waals surface area contributed by atoms with Crippen molar-refractivity contribution in [3.63, 3.8) is 0 Å². The lowest BCUT2D eigenvalue weighted by Gasteiger charge is -2.24. The molecule has 2 N–H and O–H groups in total. The minimum atomic E-state index is 0.499. The number of rotatable bonds is 3. The van der Waals surface area contributed by atoms with Crippen LogP contribution in [0.3, 0.4) is 0 Å². The fourth-order valence-corrected chi connectivity index (χ4v) is 1.82. The summed E-state index contributed by atoms with van der Waals surface area (Å²) in [7, 11) is 3.97. The number of aromatic nitrogens is 2. The quantitative estimate of drug-likeness (QED) is 0.787. The van der Waals surface area contributed by atoms with Crippen molar-refractivity contribution >= 4 is 11.8 Å². The van der Waals surface area contributed by atoms with Gasteiger partial charge in [-0.05, 0) is 32.0 Å². The van der Waals surface area contributed by atoms with E-state index in [9.17, 15) is 0 Å². The maximum Gasteiger partial charge on any atom is 0.224 e. The van der Waals surface area contributed by atoms with Gasteiger partial charge in [0.05, 0.1) is 0 Å². The van der Waals surface area contributed by atoms with Crippen LogP contribution in [-0.4, -0.2) is 43.2 Å². The van der Waals surface area contributed by atoms with E-state index in [0.29, 0.717) is 6.04 Å². The molecule has 5 nitrogen and oxygen atoms in total. The van der Waals surface area contributed by atoms with Crippen molar-refractivity contribution in [1.29, 1.82) is 0 Å². The minimum Gasteiger partial charge on any atom is -0.363 e. The van der Waals surface area contributed by atoms with E-state index in [1.807, 2.05) is 25.1 Å². The van der Waals surface area contributed by atoms with Gasteiger partial charge in [-0.15, -0.1) is 0 Å². The molecule has 0 saturated carbocycles. The lowest BCUT2D eigenvalue weighted by Crippen LogP contribution is -2.35. The van der Waals surface area contributed by atoms with Crippen LogP contribution < -0.4 is 15.5 Å². The largest absolute Gasteiger partial charge is 0.363 e. The maximum absolute atomic E-state index is 4.45. The molecule has 1 aliphatic heterocycles. The minimum absolute atomic E-state index is 0.499. The third-order valence-corrected chi connectivity index (χ3v) is 2.77. The fourth-order valence-electron chi connectivity index (χ4n) is 1.82. The maximum atomic E-state index is 4.45. The van der Waals surface area contributed by atoms with Crippen molar-refractivity contribution in [3.8, 4) is 0 Å². The van der Waals surface area contributed by atoms with E-state index in [4.69, 9.17) is 0 Å². The van der Waals surface area contributed by atoms with Crippen LogP contribution in [0.1, 0.15) is 12.8 Å². The lowest BCUT2D eigenvalue weighted by atomic mass is 10.1. The van der Waals surface area contributed by atoms with Gasteiger partial charge < -0.3 is 15.5 Å². The number of hydrogen-bond acceptors (Lipinski definition) is 5. The molecule has 0 aliphatic carbocycles. The highest BCUT2D eigenvalue weighted by atomic mass is 15.2. The lowest BCUT2D eigenvalue weighted by molar-refractivity contribution is 0.477. The van der Waals surface area contributed by atoms with Crippen molar-refractivity contribution in [2.75, 3.05) is 37.4 Å². The van der Waals surface area contributed by atoms with E-state index in [0.717, 1.165) is 37.7 Å². The summed E-state index contributed by atoms with van der Waals surface area (Å²) in [6.07, 6.45) is 4.07. The molecule has 0 aromatic carbocycles. The number of anilines is 2. The van der Waals surface area contributed by atoms with Gasteiger partial charge in [0.15, 0.2) is 0 Å². The van der Waals surface area contributed by atoms with Gasteiger partial charge in [0.25, 0.3) is 0 Å². The Balaban J connectivity index is 2.00. The predicted molar refractivity (Wildman–Crippen MR) is 65.9 cm³/mol. The second-order valence-electron chi connectivity index (χ2n) is 4.30. The molecule has 88 valence electrons. The number of piperidine rings is 1. The summed E-state index contributed by atoms with van der Waals surface area (Å²) in [6, 6.07) is 2.41. The average Bonchev–Trinajstić information content (AvgIpc) is 2.30. The second-order valence-corrected chi connectivity index (χ2v) is 4.30. The molecule has 2 rings (SSSR count). The third-order valence-electron chi connectivity index (χ3n) is 2.77. The molecule has 0 radical (unpaired) electrons. The first kappa shape index (κ1) is 11.1. The molecule has 0 amide bonds. The Morgan fingerprint density at radius 3 is 2.81 bits per heavy atom. The predicted octanol–water partition coefficient (Wildman–Crippen LogP) is 0.706. The van der Waals surface area contributed by atoms with Gasteiger partial charge in [0.1, 0.15) is 5.82 Å². The van der Waals surface area contributed by atoms with Crippen LogP contribution in [0.4, 0.5) is 11.8 Å². The van der Waals surface area contributed by atoms with Gasteiger partial charge >= 0.3 is 0 Å². The first-order valence-electron chi connectivity index (χ1n) is 5.73. The summed E-state index contributed by atoms with van der Waals surface area (Å²) in [5.74, 6) is 1.67. The van der Waals surface area contributed by atoms with Crippen molar-refractivity contribution in [1.82, 2.24) is 15.3 Å². The zero-order valence-electron chi connectivity index (χ0n) is 9.90. The molecule has 1 saturated heterocycles. The van der Waals surface area contributed by atoms with Crippen LogP contribution in [0.2, 0.25) is 0 Å². The van der Waals surface area contributed by atoms with Crippen molar-refractivity contribution < 1.29 is 0 Å². The molecule has 1 fully saturated rings. The molecular formula is C11H19N5. The summed E-state index contributed by atoms with van der Waals surface area (Å²) in [5, 5.41) is 6.73. The zero-order valence-corrected chi connectivity index (χ0v) is 9.90. The molecule has 5 heteroatoms. The highest BCUT2D eigenvalue weighted by Gasteiger charge is 2.13. The molecule has 2 heterocycles. The Morgan fingerprint density at radius 1 is 1.38 bits per heavy atom. The van der Waals surface area contributed by atoms with Crippen molar-refractivity contribution in [2.24, 2.45) is 0 Å². The highest BCUT2D eigenvalue weighted by Crippen LogP contribution is 2.12. The van der Waals surface area contributed by atoms with Crippen LogP contribution >= 0.6 is 0 Å². The van der Waals surface area contributed by atoms with E-state index < -0.39 is 0 Å². The van der Waals surface area contributed by atoms with Crippen LogP contribution in [0.25, 0.3) is 0 Å². The first-order valence-corrected chi connectivity index (χ1v) is 5.73. The molecular weight excluding hydrogens is 202 g/mol. The number of nitrogens with one attached hydrogen (secondary N) is 2.